The number of piperidine rings is 1. The van der Waals surface area contributed by atoms with Crippen LogP contribution in [0.2, 0.25) is 0 Å². The highest BCUT2D eigenvalue weighted by Crippen LogP contribution is 2.41. The van der Waals surface area contributed by atoms with E-state index in [4.69, 9.17) is 5.11 Å². The van der Waals surface area contributed by atoms with Crippen molar-refractivity contribution in [2.24, 2.45) is 5.41 Å². The van der Waals surface area contributed by atoms with Gasteiger partial charge in [0.2, 0.25) is 0 Å². The highest BCUT2D eigenvalue weighted by atomic mass is 16.4. The average Bonchev–Trinajstić information content (AvgIpc) is 3.48. The number of pyridine rings is 1. The second-order valence-electron chi connectivity index (χ2n) is 8.24. The minimum absolute atomic E-state index is 0.114. The number of carbonyl (C=O) groups is 1. The van der Waals surface area contributed by atoms with Gasteiger partial charge in [-0.1, -0.05) is 37.3 Å². The Hall–Kier alpha value is -2.40. The Labute approximate surface area is 160 Å². The van der Waals surface area contributed by atoms with Gasteiger partial charge < -0.3 is 15.3 Å². The number of hydrogen-bond donors (Lipinski definition) is 2. The van der Waals surface area contributed by atoms with Gasteiger partial charge in [0.25, 0.3) is 0 Å². The molecule has 2 aromatic rings. The van der Waals surface area contributed by atoms with Crippen LogP contribution in [0, 0.1) is 5.41 Å². The number of carboxylic acids is 1. The SMILES string of the molecule is CC1(CN[C@@H]2CC2c2ccccc2)CCN(c2ccnc(C(=O)O)c2)CC1. The molecule has 27 heavy (non-hydrogen) atoms. The molecule has 1 saturated heterocycles. The third-order valence-corrected chi connectivity index (χ3v) is 6.11. The van der Waals surface area contributed by atoms with Crippen LogP contribution in [0.4, 0.5) is 5.69 Å². The van der Waals surface area contributed by atoms with Crippen molar-refractivity contribution in [1.29, 1.82) is 0 Å². The molecule has 2 heterocycles. The zero-order valence-electron chi connectivity index (χ0n) is 15.8. The number of carboxylic acid groups (broad SMARTS) is 1. The zero-order chi connectivity index (χ0) is 18.9. The summed E-state index contributed by atoms with van der Waals surface area (Å²) in [4.78, 5) is 17.3. The first kappa shape index (κ1) is 18.0. The van der Waals surface area contributed by atoms with Crippen LogP contribution in [0.3, 0.4) is 0 Å². The van der Waals surface area contributed by atoms with Gasteiger partial charge in [0.15, 0.2) is 0 Å². The molecule has 2 N–H and O–H groups in total. The van der Waals surface area contributed by atoms with E-state index in [1.54, 1.807) is 12.3 Å². The van der Waals surface area contributed by atoms with Crippen molar-refractivity contribution in [1.82, 2.24) is 10.3 Å². The third kappa shape index (κ3) is 4.14. The van der Waals surface area contributed by atoms with Crippen LogP contribution in [0.15, 0.2) is 48.7 Å². The summed E-state index contributed by atoms with van der Waals surface area (Å²) < 4.78 is 0. The molecule has 0 bridgehead atoms. The Morgan fingerprint density at radius 3 is 2.70 bits per heavy atom. The van der Waals surface area contributed by atoms with Gasteiger partial charge in [-0.3, -0.25) is 0 Å². The van der Waals surface area contributed by atoms with E-state index in [0.717, 1.165) is 38.2 Å². The third-order valence-electron chi connectivity index (χ3n) is 6.11. The molecule has 0 amide bonds. The number of nitrogens with one attached hydrogen (secondary N) is 1. The molecule has 142 valence electrons. The first-order valence-electron chi connectivity index (χ1n) is 9.77. The van der Waals surface area contributed by atoms with Gasteiger partial charge in [0.1, 0.15) is 5.69 Å². The summed E-state index contributed by atoms with van der Waals surface area (Å²) in [7, 11) is 0. The van der Waals surface area contributed by atoms with E-state index in [1.807, 2.05) is 6.07 Å². The van der Waals surface area contributed by atoms with Crippen LogP contribution in [-0.4, -0.2) is 41.7 Å². The van der Waals surface area contributed by atoms with Crippen LogP contribution < -0.4 is 10.2 Å². The minimum atomic E-state index is -0.972. The molecular formula is C22H27N3O2. The van der Waals surface area contributed by atoms with Gasteiger partial charge in [-0.2, -0.15) is 0 Å². The van der Waals surface area contributed by atoms with Crippen molar-refractivity contribution in [3.05, 3.63) is 59.9 Å². The lowest BCUT2D eigenvalue weighted by atomic mass is 9.80. The Kier molecular flexibility index (Phi) is 4.87. The van der Waals surface area contributed by atoms with Crippen molar-refractivity contribution in [2.75, 3.05) is 24.5 Å². The Balaban J connectivity index is 1.28. The van der Waals surface area contributed by atoms with E-state index in [0.29, 0.717) is 17.4 Å². The first-order valence-corrected chi connectivity index (χ1v) is 9.77. The molecule has 2 atom stereocenters. The molecule has 0 radical (unpaired) electrons. The summed E-state index contributed by atoms with van der Waals surface area (Å²) in [5.41, 5.74) is 2.82. The fourth-order valence-electron chi connectivity index (χ4n) is 4.08. The molecule has 2 fully saturated rings. The van der Waals surface area contributed by atoms with Crippen molar-refractivity contribution < 1.29 is 9.90 Å². The van der Waals surface area contributed by atoms with E-state index < -0.39 is 5.97 Å². The quantitative estimate of drug-likeness (QED) is 0.820. The molecule has 4 rings (SSSR count). The van der Waals surface area contributed by atoms with Crippen molar-refractivity contribution in [3.63, 3.8) is 0 Å². The Bertz CT molecular complexity index is 800. The van der Waals surface area contributed by atoms with Crippen molar-refractivity contribution in [2.45, 2.75) is 38.1 Å². The Morgan fingerprint density at radius 1 is 1.26 bits per heavy atom. The second kappa shape index (κ2) is 7.31. The van der Waals surface area contributed by atoms with Crippen molar-refractivity contribution in [3.8, 4) is 0 Å². The largest absolute Gasteiger partial charge is 0.477 e. The summed E-state index contributed by atoms with van der Waals surface area (Å²) in [5, 5.41) is 12.9. The number of hydrogen-bond acceptors (Lipinski definition) is 4. The zero-order valence-corrected chi connectivity index (χ0v) is 15.8. The van der Waals surface area contributed by atoms with E-state index >= 15 is 0 Å². The van der Waals surface area contributed by atoms with Crippen LogP contribution in [-0.2, 0) is 0 Å². The molecule has 1 aliphatic carbocycles. The maximum atomic E-state index is 11.1. The number of nitrogens with zero attached hydrogens (tertiary/aromatic N) is 2. The predicted molar refractivity (Wildman–Crippen MR) is 106 cm³/mol. The molecule has 1 aliphatic heterocycles. The first-order chi connectivity index (χ1) is 13.0. The molecule has 5 nitrogen and oxygen atoms in total. The van der Waals surface area contributed by atoms with Gasteiger partial charge in [-0.05, 0) is 42.4 Å². The van der Waals surface area contributed by atoms with Crippen LogP contribution in [0.5, 0.6) is 0 Å². The molecule has 1 unspecified atom stereocenters. The lowest BCUT2D eigenvalue weighted by Crippen LogP contribution is -2.44. The van der Waals surface area contributed by atoms with E-state index in [2.05, 4.69) is 52.5 Å². The van der Waals surface area contributed by atoms with Crippen LogP contribution in [0.25, 0.3) is 0 Å². The Morgan fingerprint density at radius 2 is 2.00 bits per heavy atom. The van der Waals surface area contributed by atoms with E-state index in [1.165, 1.54) is 12.0 Å². The number of aromatic carboxylic acids is 1. The van der Waals surface area contributed by atoms with Crippen LogP contribution in [0.1, 0.15) is 48.2 Å². The molecule has 0 spiro atoms. The smallest absolute Gasteiger partial charge is 0.354 e. The molecule has 1 aromatic carbocycles. The summed E-state index contributed by atoms with van der Waals surface area (Å²) in [6.45, 7) is 5.32. The maximum Gasteiger partial charge on any atom is 0.354 e. The minimum Gasteiger partial charge on any atom is -0.477 e. The van der Waals surface area contributed by atoms with E-state index in [9.17, 15) is 4.79 Å². The monoisotopic (exact) mass is 365 g/mol. The number of rotatable bonds is 6. The standard InChI is InChI=1S/C22H27N3O2/c1-22(15-24-19-14-18(19)16-5-3-2-4-6-16)8-11-25(12-9-22)17-7-10-23-20(13-17)21(26)27/h2-7,10,13,18-19,24H,8-9,11-12,14-15H2,1H3,(H,26,27)/t18?,19-/m1/s1. The summed E-state index contributed by atoms with van der Waals surface area (Å²) in [6.07, 6.45) is 5.03. The molecule has 1 aromatic heterocycles. The van der Waals surface area contributed by atoms with Crippen molar-refractivity contribution >= 4 is 11.7 Å². The molecular weight excluding hydrogens is 338 g/mol. The van der Waals surface area contributed by atoms with E-state index in [-0.39, 0.29) is 5.69 Å². The number of benzene rings is 1. The van der Waals surface area contributed by atoms with Crippen LogP contribution >= 0.6 is 0 Å². The van der Waals surface area contributed by atoms with Gasteiger partial charge in [-0.25, -0.2) is 9.78 Å². The summed E-state index contributed by atoms with van der Waals surface area (Å²) in [5.74, 6) is -0.304. The predicted octanol–water partition coefficient (Wildman–Crippen LogP) is 3.53. The number of aromatic nitrogens is 1. The second-order valence-corrected chi connectivity index (χ2v) is 8.24. The van der Waals surface area contributed by atoms with Gasteiger partial charge in [0.05, 0.1) is 0 Å². The normalized spacial score (nSPS) is 23.8. The lowest BCUT2D eigenvalue weighted by Gasteiger charge is -2.40. The summed E-state index contributed by atoms with van der Waals surface area (Å²) >= 11 is 0. The lowest BCUT2D eigenvalue weighted by molar-refractivity contribution is 0.0690. The highest BCUT2D eigenvalue weighted by molar-refractivity contribution is 5.86. The van der Waals surface area contributed by atoms with Gasteiger partial charge in [-0.15, -0.1) is 0 Å². The van der Waals surface area contributed by atoms with Gasteiger partial charge in [0, 0.05) is 43.5 Å². The number of anilines is 1. The fourth-order valence-corrected chi connectivity index (χ4v) is 4.08. The topological polar surface area (TPSA) is 65.5 Å². The molecule has 5 heteroatoms. The maximum absolute atomic E-state index is 11.1. The fraction of sp³-hybridized carbons (Fsp3) is 0.455. The van der Waals surface area contributed by atoms with Gasteiger partial charge >= 0.3 is 5.97 Å². The molecule has 1 saturated carbocycles. The summed E-state index contributed by atoms with van der Waals surface area (Å²) in [6, 6.07) is 15.0. The molecule has 2 aliphatic rings. The highest BCUT2D eigenvalue weighted by Gasteiger charge is 2.40. The average molecular weight is 365 g/mol.